The fourth-order valence-corrected chi connectivity index (χ4v) is 5.13. The SMILES string of the molecule is CCCCSc1nnc(SCC(=O)NC(C)c2ccc(C)c(C)c2)s1. The van der Waals surface area contributed by atoms with E-state index in [4.69, 9.17) is 0 Å². The van der Waals surface area contributed by atoms with Gasteiger partial charge in [0.1, 0.15) is 0 Å². The van der Waals surface area contributed by atoms with E-state index in [1.807, 2.05) is 6.92 Å². The smallest absolute Gasteiger partial charge is 0.230 e. The first kappa shape index (κ1) is 20.3. The van der Waals surface area contributed by atoms with Gasteiger partial charge in [-0.2, -0.15) is 0 Å². The number of aryl methyl sites for hydroxylation is 2. The lowest BCUT2D eigenvalue weighted by atomic mass is 10.0. The zero-order valence-electron chi connectivity index (χ0n) is 15.2. The van der Waals surface area contributed by atoms with Crippen molar-refractivity contribution in [1.82, 2.24) is 15.5 Å². The van der Waals surface area contributed by atoms with E-state index in [2.05, 4.69) is 54.5 Å². The minimum absolute atomic E-state index is 0.00183. The number of carbonyl (C=O) groups is 1. The molecule has 136 valence electrons. The second-order valence-electron chi connectivity index (χ2n) is 5.96. The molecule has 1 aromatic carbocycles. The summed E-state index contributed by atoms with van der Waals surface area (Å²) >= 11 is 4.76. The molecule has 1 heterocycles. The van der Waals surface area contributed by atoms with Crippen LogP contribution in [0.25, 0.3) is 0 Å². The third kappa shape index (κ3) is 6.64. The molecule has 7 heteroatoms. The van der Waals surface area contributed by atoms with Crippen LogP contribution in [0.4, 0.5) is 0 Å². The molecule has 25 heavy (non-hydrogen) atoms. The van der Waals surface area contributed by atoms with Crippen LogP contribution in [0, 0.1) is 13.8 Å². The molecule has 0 radical (unpaired) electrons. The molecule has 0 aliphatic rings. The Bertz CT molecular complexity index is 703. The molecule has 0 aliphatic heterocycles. The summed E-state index contributed by atoms with van der Waals surface area (Å²) in [6.07, 6.45) is 2.37. The zero-order valence-corrected chi connectivity index (χ0v) is 17.6. The Morgan fingerprint density at radius 1 is 1.20 bits per heavy atom. The number of benzene rings is 1. The van der Waals surface area contributed by atoms with Crippen LogP contribution >= 0.6 is 34.9 Å². The van der Waals surface area contributed by atoms with Gasteiger partial charge in [-0.3, -0.25) is 4.79 Å². The first-order chi connectivity index (χ1) is 12.0. The van der Waals surface area contributed by atoms with Crippen molar-refractivity contribution < 1.29 is 4.79 Å². The highest BCUT2D eigenvalue weighted by molar-refractivity contribution is 8.03. The van der Waals surface area contributed by atoms with Gasteiger partial charge in [-0.05, 0) is 43.9 Å². The monoisotopic (exact) mass is 395 g/mol. The lowest BCUT2D eigenvalue weighted by Gasteiger charge is -2.15. The highest BCUT2D eigenvalue weighted by Crippen LogP contribution is 2.29. The summed E-state index contributed by atoms with van der Waals surface area (Å²) in [6.45, 7) is 8.38. The number of rotatable bonds is 9. The number of hydrogen-bond acceptors (Lipinski definition) is 6. The number of amides is 1. The number of thioether (sulfide) groups is 2. The van der Waals surface area contributed by atoms with E-state index in [1.54, 1.807) is 23.1 Å². The van der Waals surface area contributed by atoms with Crippen molar-refractivity contribution in [3.8, 4) is 0 Å². The molecule has 0 spiro atoms. The van der Waals surface area contributed by atoms with Gasteiger partial charge in [0, 0.05) is 5.75 Å². The summed E-state index contributed by atoms with van der Waals surface area (Å²) < 4.78 is 1.84. The molecule has 1 amide bonds. The van der Waals surface area contributed by atoms with Crippen LogP contribution in [0.15, 0.2) is 26.9 Å². The van der Waals surface area contributed by atoms with Gasteiger partial charge >= 0.3 is 0 Å². The Morgan fingerprint density at radius 2 is 1.92 bits per heavy atom. The van der Waals surface area contributed by atoms with E-state index in [0.717, 1.165) is 20.0 Å². The fourth-order valence-electron chi connectivity index (χ4n) is 2.15. The Morgan fingerprint density at radius 3 is 2.60 bits per heavy atom. The maximum atomic E-state index is 12.2. The Balaban J connectivity index is 1.79. The maximum absolute atomic E-state index is 12.2. The summed E-state index contributed by atoms with van der Waals surface area (Å²) in [6, 6.07) is 6.31. The zero-order chi connectivity index (χ0) is 18.2. The average Bonchev–Trinajstić information content (AvgIpc) is 3.03. The van der Waals surface area contributed by atoms with Crippen molar-refractivity contribution in [2.75, 3.05) is 11.5 Å². The second kappa shape index (κ2) is 10.2. The molecule has 1 unspecified atom stereocenters. The van der Waals surface area contributed by atoms with Gasteiger partial charge in [0.15, 0.2) is 8.68 Å². The van der Waals surface area contributed by atoms with E-state index in [9.17, 15) is 4.79 Å². The van der Waals surface area contributed by atoms with Gasteiger partial charge in [-0.1, -0.05) is 66.4 Å². The predicted octanol–water partition coefficient (Wildman–Crippen LogP) is 5.02. The summed E-state index contributed by atoms with van der Waals surface area (Å²) in [4.78, 5) is 12.2. The highest BCUT2D eigenvalue weighted by Gasteiger charge is 2.12. The molecular formula is C18H25N3OS3. The molecule has 0 saturated carbocycles. The van der Waals surface area contributed by atoms with E-state index < -0.39 is 0 Å². The largest absolute Gasteiger partial charge is 0.349 e. The Hall–Kier alpha value is -1.05. The third-order valence-corrected chi connectivity index (χ3v) is 7.12. The van der Waals surface area contributed by atoms with E-state index in [1.165, 1.54) is 35.7 Å². The van der Waals surface area contributed by atoms with Crippen LogP contribution < -0.4 is 5.32 Å². The number of unbranched alkanes of at least 4 members (excludes halogenated alkanes) is 1. The number of aromatic nitrogens is 2. The Labute approximate surface area is 162 Å². The average molecular weight is 396 g/mol. The van der Waals surface area contributed by atoms with Crippen LogP contribution in [0.5, 0.6) is 0 Å². The van der Waals surface area contributed by atoms with E-state index >= 15 is 0 Å². The minimum Gasteiger partial charge on any atom is -0.349 e. The Kier molecular flexibility index (Phi) is 8.26. The lowest BCUT2D eigenvalue weighted by Crippen LogP contribution is -2.28. The van der Waals surface area contributed by atoms with E-state index in [0.29, 0.717) is 5.75 Å². The molecule has 1 N–H and O–H groups in total. The van der Waals surface area contributed by atoms with Crippen molar-refractivity contribution in [2.24, 2.45) is 0 Å². The first-order valence-electron chi connectivity index (χ1n) is 8.45. The predicted molar refractivity (Wildman–Crippen MR) is 109 cm³/mol. The quantitative estimate of drug-likeness (QED) is 0.477. The van der Waals surface area contributed by atoms with Crippen molar-refractivity contribution in [3.63, 3.8) is 0 Å². The number of carbonyl (C=O) groups excluding carboxylic acids is 1. The van der Waals surface area contributed by atoms with Crippen LogP contribution in [0.1, 0.15) is 49.4 Å². The first-order valence-corrected chi connectivity index (χ1v) is 11.2. The molecule has 1 atom stereocenters. The summed E-state index contributed by atoms with van der Waals surface area (Å²) in [5.74, 6) is 1.46. The molecule has 2 rings (SSSR count). The van der Waals surface area contributed by atoms with Crippen molar-refractivity contribution in [2.45, 2.75) is 55.3 Å². The summed E-state index contributed by atoms with van der Waals surface area (Å²) in [5.41, 5.74) is 3.64. The van der Waals surface area contributed by atoms with Crippen LogP contribution in [0.2, 0.25) is 0 Å². The number of nitrogens with zero attached hydrogens (tertiary/aromatic N) is 2. The molecular weight excluding hydrogens is 370 g/mol. The summed E-state index contributed by atoms with van der Waals surface area (Å²) in [5, 5.41) is 11.4. The van der Waals surface area contributed by atoms with Crippen LogP contribution in [-0.4, -0.2) is 27.6 Å². The van der Waals surface area contributed by atoms with Gasteiger partial charge < -0.3 is 5.32 Å². The molecule has 2 aromatic rings. The fraction of sp³-hybridized carbons (Fsp3) is 0.500. The standard InChI is InChI=1S/C18H25N3OS3/c1-5-6-9-23-17-20-21-18(25-17)24-11-16(22)19-14(4)15-8-7-12(2)13(3)10-15/h7-8,10,14H,5-6,9,11H2,1-4H3,(H,19,22). The highest BCUT2D eigenvalue weighted by atomic mass is 32.2. The molecule has 1 aromatic heterocycles. The molecule has 0 fully saturated rings. The van der Waals surface area contributed by atoms with Crippen LogP contribution in [0.3, 0.4) is 0 Å². The molecule has 0 bridgehead atoms. The van der Waals surface area contributed by atoms with Gasteiger partial charge in [0.05, 0.1) is 11.8 Å². The topological polar surface area (TPSA) is 54.9 Å². The van der Waals surface area contributed by atoms with Crippen LogP contribution in [-0.2, 0) is 4.79 Å². The molecule has 4 nitrogen and oxygen atoms in total. The maximum Gasteiger partial charge on any atom is 0.230 e. The van der Waals surface area contributed by atoms with E-state index in [-0.39, 0.29) is 11.9 Å². The van der Waals surface area contributed by atoms with Crippen molar-refractivity contribution >= 4 is 40.8 Å². The molecule has 0 saturated heterocycles. The van der Waals surface area contributed by atoms with Crippen molar-refractivity contribution in [3.05, 3.63) is 34.9 Å². The number of nitrogens with one attached hydrogen (secondary N) is 1. The minimum atomic E-state index is 0.00183. The van der Waals surface area contributed by atoms with Gasteiger partial charge in [0.25, 0.3) is 0 Å². The molecule has 0 aliphatic carbocycles. The second-order valence-corrected chi connectivity index (χ2v) is 9.50. The van der Waals surface area contributed by atoms with Crippen molar-refractivity contribution in [1.29, 1.82) is 0 Å². The van der Waals surface area contributed by atoms with Gasteiger partial charge in [-0.15, -0.1) is 10.2 Å². The number of hydrogen-bond donors (Lipinski definition) is 1. The lowest BCUT2D eigenvalue weighted by molar-refractivity contribution is -0.119. The normalized spacial score (nSPS) is 12.2. The van der Waals surface area contributed by atoms with Gasteiger partial charge in [0.2, 0.25) is 5.91 Å². The third-order valence-electron chi connectivity index (χ3n) is 3.85. The van der Waals surface area contributed by atoms with Gasteiger partial charge in [-0.25, -0.2) is 0 Å². The summed E-state index contributed by atoms with van der Waals surface area (Å²) in [7, 11) is 0.